The summed E-state index contributed by atoms with van der Waals surface area (Å²) in [5, 5.41) is 11.6. The molecule has 0 amide bonds. The first kappa shape index (κ1) is 12.0. The molecule has 0 aliphatic carbocycles. The maximum atomic E-state index is 5.29. The highest BCUT2D eigenvalue weighted by Gasteiger charge is 2.13. The highest BCUT2D eigenvalue weighted by Crippen LogP contribution is 2.16. The van der Waals surface area contributed by atoms with Crippen LogP contribution < -0.4 is 0 Å². The van der Waals surface area contributed by atoms with E-state index in [9.17, 15) is 0 Å². The molecule has 0 aliphatic rings. The molecule has 0 radical (unpaired) electrons. The summed E-state index contributed by atoms with van der Waals surface area (Å²) in [6, 6.07) is 0. The third-order valence-corrected chi connectivity index (χ3v) is 2.95. The fourth-order valence-corrected chi connectivity index (χ4v) is 2.18. The predicted octanol–water partition coefficient (Wildman–Crippen LogP) is 2.18. The van der Waals surface area contributed by atoms with Crippen LogP contribution in [0, 0.1) is 4.77 Å². The first-order valence-corrected chi connectivity index (χ1v) is 6.27. The number of aromatic nitrogens is 5. The van der Waals surface area contributed by atoms with Gasteiger partial charge in [-0.3, -0.25) is 14.3 Å². The zero-order valence-electron chi connectivity index (χ0n) is 10.4. The lowest BCUT2D eigenvalue weighted by Gasteiger charge is -2.04. The quantitative estimate of drug-likeness (QED) is 0.847. The van der Waals surface area contributed by atoms with E-state index in [0.717, 1.165) is 36.5 Å². The Morgan fingerprint density at radius 3 is 2.82 bits per heavy atom. The third kappa shape index (κ3) is 2.17. The van der Waals surface area contributed by atoms with Crippen molar-refractivity contribution in [1.82, 2.24) is 24.5 Å². The van der Waals surface area contributed by atoms with Crippen LogP contribution in [0.25, 0.3) is 5.69 Å². The van der Waals surface area contributed by atoms with Crippen molar-refractivity contribution < 1.29 is 0 Å². The van der Waals surface area contributed by atoms with Gasteiger partial charge in [0, 0.05) is 19.7 Å². The molecule has 2 aromatic heterocycles. The molecule has 0 saturated carbocycles. The molecule has 2 rings (SSSR count). The molecule has 0 aromatic carbocycles. The van der Waals surface area contributed by atoms with Crippen molar-refractivity contribution >= 4 is 12.2 Å². The Morgan fingerprint density at radius 2 is 2.18 bits per heavy atom. The van der Waals surface area contributed by atoms with Gasteiger partial charge in [0.2, 0.25) is 0 Å². The summed E-state index contributed by atoms with van der Waals surface area (Å²) in [5.74, 6) is 0.972. The van der Waals surface area contributed by atoms with E-state index in [1.54, 1.807) is 0 Å². The van der Waals surface area contributed by atoms with Crippen molar-refractivity contribution in [2.75, 3.05) is 0 Å². The first-order valence-electron chi connectivity index (χ1n) is 5.86. The maximum absolute atomic E-state index is 5.29. The third-order valence-electron chi connectivity index (χ3n) is 2.67. The predicted molar refractivity (Wildman–Crippen MR) is 68.9 cm³/mol. The van der Waals surface area contributed by atoms with E-state index >= 15 is 0 Å². The number of nitrogens with one attached hydrogen (secondary N) is 1. The molecule has 1 N–H and O–H groups in total. The summed E-state index contributed by atoms with van der Waals surface area (Å²) in [5.41, 5.74) is 2.08. The fourth-order valence-electron chi connectivity index (χ4n) is 1.93. The van der Waals surface area contributed by atoms with Crippen LogP contribution >= 0.6 is 12.2 Å². The molecule has 2 heterocycles. The number of H-pyrrole nitrogens is 1. The number of aromatic amines is 1. The van der Waals surface area contributed by atoms with E-state index in [4.69, 9.17) is 12.2 Å². The van der Waals surface area contributed by atoms with Gasteiger partial charge in [0.15, 0.2) is 4.77 Å². The Hall–Kier alpha value is -1.43. The molecule has 0 aliphatic heterocycles. The monoisotopic (exact) mass is 251 g/mol. The van der Waals surface area contributed by atoms with Crippen molar-refractivity contribution in [2.45, 2.75) is 33.1 Å². The van der Waals surface area contributed by atoms with Gasteiger partial charge in [-0.25, -0.2) is 0 Å². The summed E-state index contributed by atoms with van der Waals surface area (Å²) >= 11 is 5.29. The van der Waals surface area contributed by atoms with Gasteiger partial charge in [0.25, 0.3) is 0 Å². The van der Waals surface area contributed by atoms with Gasteiger partial charge in [-0.2, -0.15) is 10.2 Å². The van der Waals surface area contributed by atoms with Gasteiger partial charge < -0.3 is 0 Å². The SMILES string of the molecule is CCCc1n[nH]c(=S)n1-c1cn(C)nc1CC. The maximum Gasteiger partial charge on any atom is 0.199 e. The Balaban J connectivity index is 2.58. The van der Waals surface area contributed by atoms with Gasteiger partial charge >= 0.3 is 0 Å². The summed E-state index contributed by atoms with van der Waals surface area (Å²) in [6.07, 6.45) is 4.82. The van der Waals surface area contributed by atoms with Crippen LogP contribution in [0.3, 0.4) is 0 Å². The van der Waals surface area contributed by atoms with Gasteiger partial charge in [0.1, 0.15) is 5.82 Å². The minimum absolute atomic E-state index is 0.635. The summed E-state index contributed by atoms with van der Waals surface area (Å²) in [6.45, 7) is 4.22. The number of nitrogens with zero attached hydrogens (tertiary/aromatic N) is 4. The molecule has 2 aromatic rings. The Bertz CT molecular complexity index is 563. The molecule has 0 fully saturated rings. The second-order valence-electron chi connectivity index (χ2n) is 4.02. The fraction of sp³-hybridized carbons (Fsp3) is 0.545. The second-order valence-corrected chi connectivity index (χ2v) is 4.41. The molecule has 0 unspecified atom stereocenters. The van der Waals surface area contributed by atoms with Crippen molar-refractivity contribution in [3.05, 3.63) is 22.5 Å². The number of hydrogen-bond donors (Lipinski definition) is 1. The van der Waals surface area contributed by atoms with E-state index in [-0.39, 0.29) is 0 Å². The zero-order chi connectivity index (χ0) is 12.4. The Morgan fingerprint density at radius 1 is 1.41 bits per heavy atom. The first-order chi connectivity index (χ1) is 8.17. The van der Waals surface area contributed by atoms with Crippen molar-refractivity contribution in [1.29, 1.82) is 0 Å². The van der Waals surface area contributed by atoms with E-state index in [0.29, 0.717) is 4.77 Å². The van der Waals surface area contributed by atoms with E-state index in [1.807, 2.05) is 22.5 Å². The van der Waals surface area contributed by atoms with Crippen LogP contribution in [0.2, 0.25) is 0 Å². The van der Waals surface area contributed by atoms with Gasteiger partial charge in [-0.15, -0.1) is 0 Å². The molecule has 0 saturated heterocycles. The van der Waals surface area contributed by atoms with E-state index in [1.165, 1.54) is 0 Å². The molecule has 6 heteroatoms. The standard InChI is InChI=1S/C11H17N5S/c1-4-6-10-12-13-11(17)16(10)9-7-15(3)14-8(9)5-2/h7H,4-6H2,1-3H3,(H,13,17). The summed E-state index contributed by atoms with van der Waals surface area (Å²) in [4.78, 5) is 0. The molecule has 92 valence electrons. The summed E-state index contributed by atoms with van der Waals surface area (Å²) in [7, 11) is 1.92. The van der Waals surface area contributed by atoms with Crippen LogP contribution in [0.1, 0.15) is 31.8 Å². The lowest BCUT2D eigenvalue weighted by Crippen LogP contribution is -2.03. The van der Waals surface area contributed by atoms with Gasteiger partial charge in [-0.1, -0.05) is 13.8 Å². The molecule has 0 spiro atoms. The minimum atomic E-state index is 0.635. The Kier molecular flexibility index (Phi) is 3.42. The smallest absolute Gasteiger partial charge is 0.199 e. The lowest BCUT2D eigenvalue weighted by atomic mass is 10.2. The van der Waals surface area contributed by atoms with Gasteiger partial charge in [-0.05, 0) is 25.1 Å². The molecular formula is C11H17N5S. The average molecular weight is 251 g/mol. The molecule has 0 bridgehead atoms. The van der Waals surface area contributed by atoms with Crippen LogP contribution in [0.15, 0.2) is 6.20 Å². The number of rotatable bonds is 4. The lowest BCUT2D eigenvalue weighted by molar-refractivity contribution is 0.746. The minimum Gasteiger partial charge on any atom is -0.273 e. The van der Waals surface area contributed by atoms with Crippen molar-refractivity contribution in [3.8, 4) is 5.69 Å². The highest BCUT2D eigenvalue weighted by atomic mass is 32.1. The molecule has 17 heavy (non-hydrogen) atoms. The average Bonchev–Trinajstić information content (AvgIpc) is 2.83. The Labute approximate surface area is 105 Å². The number of aryl methyl sites for hydroxylation is 3. The van der Waals surface area contributed by atoms with Crippen LogP contribution in [0.5, 0.6) is 0 Å². The molecule has 0 atom stereocenters. The molecule has 5 nitrogen and oxygen atoms in total. The summed E-state index contributed by atoms with van der Waals surface area (Å²) < 4.78 is 4.44. The zero-order valence-corrected chi connectivity index (χ0v) is 11.2. The van der Waals surface area contributed by atoms with Crippen LogP contribution in [-0.4, -0.2) is 24.5 Å². The van der Waals surface area contributed by atoms with Crippen LogP contribution in [-0.2, 0) is 19.9 Å². The van der Waals surface area contributed by atoms with E-state index < -0.39 is 0 Å². The largest absolute Gasteiger partial charge is 0.273 e. The van der Waals surface area contributed by atoms with Crippen molar-refractivity contribution in [3.63, 3.8) is 0 Å². The topological polar surface area (TPSA) is 51.4 Å². The number of hydrogen-bond acceptors (Lipinski definition) is 3. The van der Waals surface area contributed by atoms with E-state index in [2.05, 4.69) is 29.1 Å². The normalized spacial score (nSPS) is 11.0. The second kappa shape index (κ2) is 4.83. The van der Waals surface area contributed by atoms with Crippen LogP contribution in [0.4, 0.5) is 0 Å². The van der Waals surface area contributed by atoms with Gasteiger partial charge in [0.05, 0.1) is 11.4 Å². The highest BCUT2D eigenvalue weighted by molar-refractivity contribution is 7.71. The molecular weight excluding hydrogens is 234 g/mol. The van der Waals surface area contributed by atoms with Crippen molar-refractivity contribution in [2.24, 2.45) is 7.05 Å².